The van der Waals surface area contributed by atoms with Crippen molar-refractivity contribution in [3.63, 3.8) is 0 Å². The summed E-state index contributed by atoms with van der Waals surface area (Å²) in [6, 6.07) is 13.7. The summed E-state index contributed by atoms with van der Waals surface area (Å²) in [5, 5.41) is 6.72. The zero-order valence-electron chi connectivity index (χ0n) is 21.7. The van der Waals surface area contributed by atoms with Crippen molar-refractivity contribution in [2.45, 2.75) is 46.0 Å². The van der Waals surface area contributed by atoms with Crippen LogP contribution in [0.15, 0.2) is 53.6 Å². The Bertz CT molecular complexity index is 1410. The third-order valence-electron chi connectivity index (χ3n) is 6.17. The minimum atomic E-state index is -0.978. The van der Waals surface area contributed by atoms with Crippen LogP contribution in [0.3, 0.4) is 0 Å². The summed E-state index contributed by atoms with van der Waals surface area (Å²) in [6.45, 7) is 3.76. The van der Waals surface area contributed by atoms with Gasteiger partial charge in [-0.05, 0) is 86.6 Å². The molecule has 2 aromatic carbocycles. The average Bonchev–Trinajstić information content (AvgIpc) is 3.09. The van der Waals surface area contributed by atoms with Gasteiger partial charge in [-0.1, -0.05) is 24.6 Å². The number of aryl methyl sites for hydroxylation is 2. The van der Waals surface area contributed by atoms with Crippen LogP contribution in [0.4, 0.5) is 5.00 Å². The van der Waals surface area contributed by atoms with Crippen LogP contribution in [0.5, 0.6) is 5.75 Å². The molecule has 0 radical (unpaired) electrons. The lowest BCUT2D eigenvalue weighted by Crippen LogP contribution is -2.32. The highest BCUT2D eigenvalue weighted by molar-refractivity contribution is 7.17. The van der Waals surface area contributed by atoms with E-state index in [1.54, 1.807) is 43.3 Å². The van der Waals surface area contributed by atoms with Crippen molar-refractivity contribution in [2.75, 3.05) is 11.9 Å². The summed E-state index contributed by atoms with van der Waals surface area (Å²) in [7, 11) is 0. The molecule has 10 heteroatoms. The molecular weight excluding hydrogens is 518 g/mol. The van der Waals surface area contributed by atoms with E-state index >= 15 is 0 Å². The molecule has 1 aliphatic rings. The van der Waals surface area contributed by atoms with Gasteiger partial charge in [-0.3, -0.25) is 9.59 Å². The highest BCUT2D eigenvalue weighted by Gasteiger charge is 2.27. The van der Waals surface area contributed by atoms with Gasteiger partial charge in [-0.2, -0.15) is 5.10 Å². The van der Waals surface area contributed by atoms with Crippen LogP contribution in [0.2, 0.25) is 0 Å². The molecule has 39 heavy (non-hydrogen) atoms. The van der Waals surface area contributed by atoms with E-state index < -0.39 is 23.8 Å². The van der Waals surface area contributed by atoms with Gasteiger partial charge in [0.15, 0.2) is 0 Å². The molecule has 0 unspecified atom stereocenters. The van der Waals surface area contributed by atoms with Gasteiger partial charge in [-0.25, -0.2) is 15.0 Å². The zero-order chi connectivity index (χ0) is 27.8. The highest BCUT2D eigenvalue weighted by Crippen LogP contribution is 2.38. The van der Waals surface area contributed by atoms with Crippen LogP contribution in [0, 0.1) is 6.92 Å². The van der Waals surface area contributed by atoms with Crippen molar-refractivity contribution in [1.29, 1.82) is 0 Å². The van der Waals surface area contributed by atoms with E-state index in [4.69, 9.17) is 9.47 Å². The van der Waals surface area contributed by atoms with Crippen molar-refractivity contribution >= 4 is 46.3 Å². The molecule has 0 atom stereocenters. The first-order chi connectivity index (χ1) is 18.9. The molecule has 1 aliphatic carbocycles. The number of hydrazone groups is 1. The highest BCUT2D eigenvalue weighted by atomic mass is 32.1. The standard InChI is InChI=1S/C29H29N3O6S/c1-3-37-29(36)24-22-11-5-4-6-12-23(22)39-27(24)31-25(33)26(34)32-30-17-19-13-15-20(16-14-19)38-28(35)21-10-8-7-9-18(21)2/h7-10,13-17H,3-6,11-12H2,1-2H3,(H,31,33)(H,32,34)/b30-17+. The first-order valence-electron chi connectivity index (χ1n) is 12.7. The number of amides is 2. The van der Waals surface area contributed by atoms with Crippen LogP contribution in [-0.2, 0) is 27.2 Å². The Labute approximate surface area is 230 Å². The third-order valence-corrected chi connectivity index (χ3v) is 7.38. The van der Waals surface area contributed by atoms with Crippen LogP contribution < -0.4 is 15.5 Å². The number of fused-ring (bicyclic) bond motifs is 1. The topological polar surface area (TPSA) is 123 Å². The van der Waals surface area contributed by atoms with Gasteiger partial charge in [0.05, 0.1) is 23.9 Å². The lowest BCUT2D eigenvalue weighted by molar-refractivity contribution is -0.136. The fourth-order valence-electron chi connectivity index (χ4n) is 4.21. The lowest BCUT2D eigenvalue weighted by Gasteiger charge is -2.08. The zero-order valence-corrected chi connectivity index (χ0v) is 22.6. The van der Waals surface area contributed by atoms with Gasteiger partial charge in [0.1, 0.15) is 10.8 Å². The van der Waals surface area contributed by atoms with Crippen LogP contribution in [-0.4, -0.2) is 36.6 Å². The van der Waals surface area contributed by atoms with Gasteiger partial charge < -0.3 is 14.8 Å². The first-order valence-corrected chi connectivity index (χ1v) is 13.5. The number of thiophene rings is 1. The molecule has 0 fully saturated rings. The Kier molecular flexibility index (Phi) is 9.22. The summed E-state index contributed by atoms with van der Waals surface area (Å²) in [5.41, 5.74) is 5.34. The molecule has 2 N–H and O–H groups in total. The van der Waals surface area contributed by atoms with E-state index in [0.717, 1.165) is 48.1 Å². The monoisotopic (exact) mass is 547 g/mol. The quantitative estimate of drug-likeness (QED) is 0.109. The van der Waals surface area contributed by atoms with Crippen LogP contribution in [0.1, 0.15) is 68.5 Å². The summed E-state index contributed by atoms with van der Waals surface area (Å²) in [5.74, 6) is -2.52. The second-order valence-electron chi connectivity index (χ2n) is 8.92. The van der Waals surface area contributed by atoms with Gasteiger partial charge in [-0.15, -0.1) is 11.3 Å². The Morgan fingerprint density at radius 1 is 0.949 bits per heavy atom. The van der Waals surface area contributed by atoms with Crippen LogP contribution in [0.25, 0.3) is 0 Å². The van der Waals surface area contributed by atoms with E-state index in [1.807, 2.05) is 19.1 Å². The molecule has 3 aromatic rings. The molecule has 0 aliphatic heterocycles. The van der Waals surface area contributed by atoms with E-state index in [9.17, 15) is 19.2 Å². The maximum Gasteiger partial charge on any atom is 0.343 e. The van der Waals surface area contributed by atoms with Gasteiger partial charge >= 0.3 is 23.8 Å². The predicted octanol–water partition coefficient (Wildman–Crippen LogP) is 4.81. The van der Waals surface area contributed by atoms with Crippen molar-refractivity contribution in [1.82, 2.24) is 5.43 Å². The molecule has 0 spiro atoms. The molecule has 202 valence electrons. The maximum atomic E-state index is 12.6. The molecule has 0 saturated carbocycles. The number of anilines is 1. The fourth-order valence-corrected chi connectivity index (χ4v) is 5.48. The Hall–Kier alpha value is -4.31. The number of benzene rings is 2. The van der Waals surface area contributed by atoms with E-state index in [-0.39, 0.29) is 6.61 Å². The third kappa shape index (κ3) is 6.97. The second kappa shape index (κ2) is 13.0. The molecule has 0 saturated heterocycles. The van der Waals surface area contributed by atoms with E-state index in [2.05, 4.69) is 15.8 Å². The van der Waals surface area contributed by atoms with Crippen molar-refractivity contribution < 1.29 is 28.7 Å². The average molecular weight is 548 g/mol. The molecule has 1 aromatic heterocycles. The predicted molar refractivity (Wildman–Crippen MR) is 148 cm³/mol. The number of ether oxygens (including phenoxy) is 2. The molecule has 1 heterocycles. The molecule has 2 amide bonds. The number of nitrogens with zero attached hydrogens (tertiary/aromatic N) is 1. The van der Waals surface area contributed by atoms with Crippen LogP contribution >= 0.6 is 11.3 Å². The summed E-state index contributed by atoms with van der Waals surface area (Å²) >= 11 is 1.31. The smallest absolute Gasteiger partial charge is 0.343 e. The Balaban J connectivity index is 1.35. The summed E-state index contributed by atoms with van der Waals surface area (Å²) < 4.78 is 10.6. The maximum absolute atomic E-state index is 12.6. The normalized spacial score (nSPS) is 12.8. The SMILES string of the molecule is CCOC(=O)c1c(NC(=O)C(=O)N/N=C/c2ccc(OC(=O)c3ccccc3C)cc2)sc2c1CCCCC2. The van der Waals surface area contributed by atoms with Crippen molar-refractivity contribution in [3.8, 4) is 5.75 Å². The van der Waals surface area contributed by atoms with Crippen molar-refractivity contribution in [2.24, 2.45) is 5.10 Å². The molecule has 0 bridgehead atoms. The Morgan fingerprint density at radius 2 is 1.69 bits per heavy atom. The van der Waals surface area contributed by atoms with Gasteiger partial charge in [0.25, 0.3) is 0 Å². The lowest BCUT2D eigenvalue weighted by atomic mass is 10.1. The summed E-state index contributed by atoms with van der Waals surface area (Å²) in [6.07, 6.45) is 5.95. The minimum Gasteiger partial charge on any atom is -0.462 e. The van der Waals surface area contributed by atoms with Gasteiger partial charge in [0, 0.05) is 4.88 Å². The number of esters is 2. The number of hydrogen-bond donors (Lipinski definition) is 2. The van der Waals surface area contributed by atoms with E-state index in [1.165, 1.54) is 17.6 Å². The van der Waals surface area contributed by atoms with Gasteiger partial charge in [0.2, 0.25) is 0 Å². The summed E-state index contributed by atoms with van der Waals surface area (Å²) in [4.78, 5) is 51.0. The number of nitrogens with one attached hydrogen (secondary N) is 2. The number of carbonyl (C=O) groups is 4. The number of carbonyl (C=O) groups excluding carboxylic acids is 4. The molecule has 9 nitrogen and oxygen atoms in total. The first kappa shape index (κ1) is 27.7. The number of hydrogen-bond acceptors (Lipinski definition) is 8. The molecule has 4 rings (SSSR count). The van der Waals surface area contributed by atoms with E-state index in [0.29, 0.717) is 27.4 Å². The van der Waals surface area contributed by atoms with Crippen molar-refractivity contribution in [3.05, 3.63) is 81.2 Å². The Morgan fingerprint density at radius 3 is 2.44 bits per heavy atom. The largest absolute Gasteiger partial charge is 0.462 e. The molecular formula is C29H29N3O6S. The fraction of sp³-hybridized carbons (Fsp3) is 0.276. The second-order valence-corrected chi connectivity index (χ2v) is 10.0. The minimum absolute atomic E-state index is 0.210. The number of rotatable bonds is 7.